The molecule has 1 unspecified atom stereocenters. The maximum atomic E-state index is 17.0. The number of aromatic nitrogens is 1. The summed E-state index contributed by atoms with van der Waals surface area (Å²) >= 11 is 0. The molecule has 0 bridgehead atoms. The number of pyridine rings is 1. The Bertz CT molecular complexity index is 1790. The Morgan fingerprint density at radius 2 is 1.87 bits per heavy atom. The zero-order valence-corrected chi connectivity index (χ0v) is 26.2. The topological polar surface area (TPSA) is 72.7 Å². The number of carbonyl (C=O) groups excluding carboxylic acids is 1. The lowest BCUT2D eigenvalue weighted by atomic mass is 9.85. The van der Waals surface area contributed by atoms with Crippen molar-refractivity contribution in [3.8, 4) is 23.1 Å². The van der Waals surface area contributed by atoms with Crippen LogP contribution in [0.3, 0.4) is 0 Å². The van der Waals surface area contributed by atoms with E-state index >= 15 is 4.39 Å². The summed E-state index contributed by atoms with van der Waals surface area (Å²) in [5, 5.41) is 10.7. The molecule has 2 aromatic carbocycles. The van der Waals surface area contributed by atoms with Crippen molar-refractivity contribution in [1.82, 2.24) is 14.8 Å². The highest BCUT2D eigenvalue weighted by molar-refractivity contribution is 5.99. The molecule has 5 aliphatic rings. The first-order valence-corrected chi connectivity index (χ1v) is 16.8. The van der Waals surface area contributed by atoms with Gasteiger partial charge in [0.2, 0.25) is 5.88 Å². The number of likely N-dealkylation sites (tertiary alicyclic amines) is 1. The Balaban J connectivity index is 1.26. The van der Waals surface area contributed by atoms with Crippen LogP contribution in [0.1, 0.15) is 61.6 Å². The minimum absolute atomic E-state index is 0.0485. The molecule has 1 amide bonds. The Morgan fingerprint density at radius 3 is 2.65 bits per heavy atom. The number of rotatable bonds is 7. The normalized spacial score (nSPS) is 23.1. The van der Waals surface area contributed by atoms with Crippen LogP contribution in [0.5, 0.6) is 5.88 Å². The smallest absolute Gasteiger partial charge is 0.282 e. The summed E-state index contributed by atoms with van der Waals surface area (Å²) in [5.41, 5.74) is 5.51. The SMILES string of the molecule is C=C(F)C(=O)N1CCC2[C@H]1CN2c1c(CC#N)c(OCC23CCCN2CCC3)nc2c(F)c(-c3cccc4c3CCCC4)ccc12. The van der Waals surface area contributed by atoms with Crippen LogP contribution >= 0.6 is 0 Å². The second-order valence-electron chi connectivity index (χ2n) is 13.7. The monoisotopic (exact) mass is 623 g/mol. The highest BCUT2D eigenvalue weighted by Crippen LogP contribution is 2.47. The molecule has 0 N–H and O–H groups in total. The average molecular weight is 624 g/mol. The van der Waals surface area contributed by atoms with Crippen LogP contribution in [0.4, 0.5) is 14.5 Å². The summed E-state index contributed by atoms with van der Waals surface area (Å²) in [6.45, 7) is 6.65. The zero-order chi connectivity index (χ0) is 31.6. The lowest BCUT2D eigenvalue weighted by molar-refractivity contribution is -0.130. The number of nitrogens with zero attached hydrogens (tertiary/aromatic N) is 5. The fourth-order valence-electron chi connectivity index (χ4n) is 9.17. The molecule has 4 fully saturated rings. The van der Waals surface area contributed by atoms with Gasteiger partial charge in [-0.1, -0.05) is 30.8 Å². The van der Waals surface area contributed by atoms with E-state index in [4.69, 9.17) is 9.72 Å². The van der Waals surface area contributed by atoms with Crippen LogP contribution < -0.4 is 9.64 Å². The van der Waals surface area contributed by atoms with Gasteiger partial charge in [-0.2, -0.15) is 5.26 Å². The van der Waals surface area contributed by atoms with E-state index in [2.05, 4.69) is 28.5 Å². The third-order valence-corrected chi connectivity index (χ3v) is 11.4. The Hall–Kier alpha value is -4.03. The number of benzene rings is 2. The number of nitriles is 1. The second-order valence-corrected chi connectivity index (χ2v) is 13.7. The largest absolute Gasteiger partial charge is 0.475 e. The van der Waals surface area contributed by atoms with E-state index in [1.165, 1.54) is 11.1 Å². The van der Waals surface area contributed by atoms with Gasteiger partial charge >= 0.3 is 0 Å². The number of hydrogen-bond acceptors (Lipinski definition) is 6. The van der Waals surface area contributed by atoms with E-state index < -0.39 is 11.7 Å². The molecule has 4 aliphatic heterocycles. The second kappa shape index (κ2) is 11.3. The van der Waals surface area contributed by atoms with E-state index in [1.54, 1.807) is 4.90 Å². The van der Waals surface area contributed by atoms with Crippen LogP contribution in [0.25, 0.3) is 22.0 Å². The van der Waals surface area contributed by atoms with Gasteiger partial charge < -0.3 is 14.5 Å². The van der Waals surface area contributed by atoms with E-state index in [0.717, 1.165) is 75.7 Å². The summed E-state index contributed by atoms with van der Waals surface area (Å²) in [6.07, 6.45) is 9.21. The Morgan fingerprint density at radius 1 is 1.07 bits per heavy atom. The molecule has 46 heavy (non-hydrogen) atoms. The zero-order valence-electron chi connectivity index (χ0n) is 26.2. The van der Waals surface area contributed by atoms with Crippen LogP contribution in [-0.4, -0.2) is 71.1 Å². The molecule has 0 radical (unpaired) electrons. The van der Waals surface area contributed by atoms with Crippen LogP contribution in [0.2, 0.25) is 0 Å². The maximum Gasteiger partial charge on any atom is 0.282 e. The third kappa shape index (κ3) is 4.51. The van der Waals surface area contributed by atoms with E-state index in [1.807, 2.05) is 24.3 Å². The van der Waals surface area contributed by atoms with Crippen molar-refractivity contribution < 1.29 is 18.3 Å². The van der Waals surface area contributed by atoms with E-state index in [-0.39, 0.29) is 35.4 Å². The summed E-state index contributed by atoms with van der Waals surface area (Å²) in [4.78, 5) is 23.7. The first-order chi connectivity index (χ1) is 22.4. The molecule has 2 atom stereocenters. The van der Waals surface area contributed by atoms with Gasteiger partial charge in [0.05, 0.1) is 41.4 Å². The van der Waals surface area contributed by atoms with Crippen molar-refractivity contribution in [2.75, 3.05) is 37.7 Å². The lowest BCUT2D eigenvalue weighted by Gasteiger charge is -2.49. The molecule has 4 saturated heterocycles. The van der Waals surface area contributed by atoms with Crippen molar-refractivity contribution in [2.24, 2.45) is 0 Å². The molecular formula is C37H39F2N5O2. The molecule has 0 saturated carbocycles. The van der Waals surface area contributed by atoms with Gasteiger partial charge in [-0.05, 0) is 93.6 Å². The minimum atomic E-state index is -0.959. The molecule has 0 spiro atoms. The van der Waals surface area contributed by atoms with Crippen molar-refractivity contribution in [2.45, 2.75) is 81.8 Å². The van der Waals surface area contributed by atoms with Gasteiger partial charge in [0, 0.05) is 24.0 Å². The molecular weight excluding hydrogens is 584 g/mol. The fourth-order valence-corrected chi connectivity index (χ4v) is 9.17. The Labute approximate surface area is 268 Å². The van der Waals surface area contributed by atoms with Gasteiger partial charge in [0.1, 0.15) is 12.1 Å². The number of carbonyl (C=O) groups is 1. The van der Waals surface area contributed by atoms with Gasteiger partial charge in [-0.15, -0.1) is 0 Å². The quantitative estimate of drug-likeness (QED) is 0.289. The summed E-state index contributed by atoms with van der Waals surface area (Å²) in [6, 6.07) is 12.0. The van der Waals surface area contributed by atoms with Crippen molar-refractivity contribution in [3.05, 3.63) is 65.2 Å². The molecule has 7 nitrogen and oxygen atoms in total. The minimum Gasteiger partial charge on any atom is -0.475 e. The fraction of sp³-hybridized carbons (Fsp3) is 0.486. The summed E-state index contributed by atoms with van der Waals surface area (Å²) in [7, 11) is 0. The number of ether oxygens (including phenoxy) is 1. The van der Waals surface area contributed by atoms with Gasteiger partial charge in [-0.3, -0.25) is 9.69 Å². The molecule has 9 heteroatoms. The molecule has 1 aliphatic carbocycles. The lowest BCUT2D eigenvalue weighted by Crippen LogP contribution is -2.63. The van der Waals surface area contributed by atoms with Crippen LogP contribution in [0, 0.1) is 17.1 Å². The number of halogens is 2. The third-order valence-electron chi connectivity index (χ3n) is 11.4. The predicted molar refractivity (Wildman–Crippen MR) is 173 cm³/mol. The number of aryl methyl sites for hydroxylation is 1. The molecule has 1 aromatic heterocycles. The number of fused-ring (bicyclic) bond motifs is 4. The first-order valence-electron chi connectivity index (χ1n) is 16.8. The highest BCUT2D eigenvalue weighted by atomic mass is 19.1. The van der Waals surface area contributed by atoms with Gasteiger partial charge in [0.25, 0.3) is 5.91 Å². The number of amides is 1. The van der Waals surface area contributed by atoms with E-state index in [9.17, 15) is 14.4 Å². The van der Waals surface area contributed by atoms with Crippen LogP contribution in [0.15, 0.2) is 42.7 Å². The standard InChI is InChI=1S/C37H39F2N5O2/c1-23(38)36(45)43-20-14-30-31(43)21-44(30)34-28-12-11-27(26-10-4-8-24-7-2-3-9-25(24)26)32(39)33(28)41-35(29(34)13-17-40)46-22-37-15-5-18-42(37)19-6-16-37/h4,8,10-12,30-31H,1-3,5-7,9,13-16,18-22H2/t30?,31-/m1/s1. The first kappa shape index (κ1) is 29.4. The summed E-state index contributed by atoms with van der Waals surface area (Å²) < 4.78 is 37.4. The Kier molecular flexibility index (Phi) is 7.24. The molecule has 8 rings (SSSR count). The average Bonchev–Trinajstić information content (AvgIpc) is 3.73. The number of hydrogen-bond donors (Lipinski definition) is 0. The molecule has 5 heterocycles. The summed E-state index contributed by atoms with van der Waals surface area (Å²) in [5.74, 6) is -1.71. The molecule has 238 valence electrons. The van der Waals surface area contributed by atoms with E-state index in [0.29, 0.717) is 48.5 Å². The van der Waals surface area contributed by atoms with Crippen molar-refractivity contribution in [3.63, 3.8) is 0 Å². The molecule has 3 aromatic rings. The maximum absolute atomic E-state index is 17.0. The number of anilines is 1. The van der Waals surface area contributed by atoms with Crippen molar-refractivity contribution >= 4 is 22.5 Å². The van der Waals surface area contributed by atoms with Crippen molar-refractivity contribution in [1.29, 1.82) is 5.26 Å². The van der Waals surface area contributed by atoms with Crippen LogP contribution in [-0.2, 0) is 24.1 Å². The predicted octanol–water partition coefficient (Wildman–Crippen LogP) is 6.27. The highest BCUT2D eigenvalue weighted by Gasteiger charge is 2.51. The van der Waals surface area contributed by atoms with Gasteiger partial charge in [0.15, 0.2) is 11.6 Å². The van der Waals surface area contributed by atoms with Gasteiger partial charge in [-0.25, -0.2) is 13.8 Å².